The molecule has 0 unspecified atom stereocenters. The lowest BCUT2D eigenvalue weighted by molar-refractivity contribution is 0.482. The second kappa shape index (κ2) is 12.1. The molecule has 0 saturated carbocycles. The number of allylic oxidation sites excluding steroid dienone is 4. The summed E-state index contributed by atoms with van der Waals surface area (Å²) in [5.74, 6) is 0.242. The van der Waals surface area contributed by atoms with Crippen LogP contribution in [0.5, 0.6) is 5.75 Å². The first-order chi connectivity index (χ1) is 23.9. The van der Waals surface area contributed by atoms with Gasteiger partial charge in [-0.1, -0.05) is 126 Å². The van der Waals surface area contributed by atoms with Crippen LogP contribution in [0.15, 0.2) is 138 Å². The van der Waals surface area contributed by atoms with Crippen LogP contribution in [0.2, 0.25) is 0 Å². The van der Waals surface area contributed by atoms with Crippen molar-refractivity contribution in [1.29, 1.82) is 0 Å². The third-order valence-corrected chi connectivity index (χ3v) is 9.58. The van der Waals surface area contributed by atoms with Crippen molar-refractivity contribution in [1.82, 2.24) is 0 Å². The Kier molecular flexibility index (Phi) is 7.57. The largest absolute Gasteiger partial charge is 0.507 e. The van der Waals surface area contributed by atoms with E-state index in [1.165, 1.54) is 0 Å². The van der Waals surface area contributed by atoms with Crippen LogP contribution in [0.3, 0.4) is 0 Å². The minimum Gasteiger partial charge on any atom is -0.507 e. The predicted molar refractivity (Wildman–Crippen MR) is 211 cm³/mol. The summed E-state index contributed by atoms with van der Waals surface area (Å²) in [4.78, 5) is 0. The summed E-state index contributed by atoms with van der Waals surface area (Å²) < 4.78 is 6.40. The van der Waals surface area contributed by atoms with E-state index in [-0.39, 0.29) is 5.75 Å². The Labute approximate surface area is 289 Å². The van der Waals surface area contributed by atoms with Gasteiger partial charge in [0.25, 0.3) is 0 Å². The predicted octanol–water partition coefficient (Wildman–Crippen LogP) is 8.96. The Balaban J connectivity index is 1.30. The van der Waals surface area contributed by atoms with Crippen molar-refractivity contribution in [2.45, 2.75) is 13.8 Å². The number of benzene rings is 7. The van der Waals surface area contributed by atoms with E-state index in [1.54, 1.807) is 6.07 Å². The molecule has 6 radical (unpaired) electrons. The Morgan fingerprint density at radius 2 is 1.22 bits per heavy atom. The van der Waals surface area contributed by atoms with Crippen molar-refractivity contribution in [2.75, 3.05) is 0 Å². The number of furan rings is 1. The van der Waals surface area contributed by atoms with E-state index in [2.05, 4.69) is 67.6 Å². The number of fused-ring (bicyclic) bond motifs is 5. The number of rotatable bonds is 5. The number of phenols is 1. The molecule has 7 aromatic carbocycles. The number of aromatic hydroxyl groups is 1. The third-order valence-electron chi connectivity index (χ3n) is 9.58. The smallest absolute Gasteiger partial charge is 0.135 e. The van der Waals surface area contributed by atoms with Crippen molar-refractivity contribution in [2.24, 2.45) is 0 Å². The highest BCUT2D eigenvalue weighted by Gasteiger charge is 2.21. The zero-order valence-corrected chi connectivity index (χ0v) is 27.3. The lowest BCUT2D eigenvalue weighted by atomic mass is 9.69. The van der Waals surface area contributed by atoms with E-state index in [9.17, 15) is 5.11 Å². The van der Waals surface area contributed by atoms with Crippen LogP contribution < -0.4 is 16.4 Å². The molecule has 226 valence electrons. The minimum absolute atomic E-state index is 0.242. The van der Waals surface area contributed by atoms with Gasteiger partial charge in [-0.05, 0) is 92.6 Å². The maximum Gasteiger partial charge on any atom is 0.135 e. The molecule has 1 heterocycles. The molecule has 0 fully saturated rings. The number of hydrogen-bond acceptors (Lipinski definition) is 2. The lowest BCUT2D eigenvalue weighted by Gasteiger charge is -2.19. The summed E-state index contributed by atoms with van der Waals surface area (Å²) in [7, 11) is 20.4. The van der Waals surface area contributed by atoms with Gasteiger partial charge in [0.15, 0.2) is 0 Å². The molecule has 0 spiro atoms. The average molecular weight is 622 g/mol. The molecule has 0 atom stereocenters. The molecule has 1 aromatic heterocycles. The summed E-state index contributed by atoms with van der Waals surface area (Å²) in [5.41, 5.74) is 10.3. The molecule has 1 N–H and O–H groups in total. The Morgan fingerprint density at radius 1 is 0.592 bits per heavy atom. The summed E-state index contributed by atoms with van der Waals surface area (Å²) >= 11 is 0. The maximum atomic E-state index is 11.3. The second-order valence-electron chi connectivity index (χ2n) is 12.4. The molecule has 5 heteroatoms. The summed E-state index contributed by atoms with van der Waals surface area (Å²) in [5, 5.41) is 16.8. The fourth-order valence-corrected chi connectivity index (χ4v) is 7.20. The molecule has 0 saturated heterocycles. The van der Waals surface area contributed by atoms with E-state index in [0.717, 1.165) is 71.3 Å². The molecule has 0 aliphatic carbocycles. The van der Waals surface area contributed by atoms with Crippen LogP contribution in [-0.4, -0.2) is 28.6 Å². The summed E-state index contributed by atoms with van der Waals surface area (Å²) in [6.45, 7) is 4.06. The van der Waals surface area contributed by atoms with Crippen molar-refractivity contribution in [3.8, 4) is 39.1 Å². The molecule has 0 amide bonds. The molecule has 2 nitrogen and oxygen atoms in total. The molecule has 0 aliphatic rings. The Morgan fingerprint density at radius 3 is 1.94 bits per heavy atom. The molecular formula is C44H29B3O2. The van der Waals surface area contributed by atoms with Crippen LogP contribution >= 0.6 is 0 Å². The quantitative estimate of drug-likeness (QED) is 0.118. The zero-order chi connectivity index (χ0) is 33.8. The van der Waals surface area contributed by atoms with Crippen molar-refractivity contribution in [3.63, 3.8) is 0 Å². The van der Waals surface area contributed by atoms with E-state index in [1.807, 2.05) is 73.7 Å². The van der Waals surface area contributed by atoms with Gasteiger partial charge in [0.05, 0.1) is 0 Å². The highest BCUT2D eigenvalue weighted by Crippen LogP contribution is 2.46. The highest BCUT2D eigenvalue weighted by atomic mass is 16.3. The van der Waals surface area contributed by atoms with Crippen LogP contribution in [0.1, 0.15) is 19.4 Å². The summed E-state index contributed by atoms with van der Waals surface area (Å²) in [6.07, 6.45) is 6.08. The molecule has 0 aliphatic heterocycles. The second-order valence-corrected chi connectivity index (χ2v) is 12.4. The van der Waals surface area contributed by atoms with Gasteiger partial charge in [-0.25, -0.2) is 0 Å². The van der Waals surface area contributed by atoms with E-state index >= 15 is 0 Å². The maximum absolute atomic E-state index is 11.3. The van der Waals surface area contributed by atoms with Crippen LogP contribution in [-0.2, 0) is 0 Å². The van der Waals surface area contributed by atoms with Crippen LogP contribution in [0.4, 0.5) is 0 Å². The summed E-state index contributed by atoms with van der Waals surface area (Å²) in [6, 6.07) is 38.6. The van der Waals surface area contributed by atoms with E-state index < -0.39 is 0 Å². The van der Waals surface area contributed by atoms with E-state index in [0.29, 0.717) is 33.1 Å². The minimum atomic E-state index is 0.242. The van der Waals surface area contributed by atoms with Gasteiger partial charge in [0, 0.05) is 21.7 Å². The number of phenolic OH excluding ortho intramolecular Hbond substituents is 1. The van der Waals surface area contributed by atoms with Gasteiger partial charge in [-0.15, -0.1) is 0 Å². The van der Waals surface area contributed by atoms with E-state index in [4.69, 9.17) is 28.0 Å². The fourth-order valence-electron chi connectivity index (χ4n) is 7.20. The van der Waals surface area contributed by atoms with Crippen molar-refractivity contribution < 1.29 is 9.52 Å². The first-order valence-corrected chi connectivity index (χ1v) is 16.3. The Hall–Kier alpha value is -5.67. The lowest BCUT2D eigenvalue weighted by Crippen LogP contribution is -2.34. The highest BCUT2D eigenvalue weighted by molar-refractivity contribution is 6.60. The van der Waals surface area contributed by atoms with Crippen LogP contribution in [0, 0.1) is 0 Å². The Bertz CT molecular complexity index is 2650. The van der Waals surface area contributed by atoms with Crippen molar-refractivity contribution >= 4 is 89.0 Å². The molecular weight excluding hydrogens is 593 g/mol. The topological polar surface area (TPSA) is 33.4 Å². The molecule has 0 bridgehead atoms. The monoisotopic (exact) mass is 622 g/mol. The first kappa shape index (κ1) is 30.7. The first-order valence-electron chi connectivity index (χ1n) is 16.3. The van der Waals surface area contributed by atoms with Gasteiger partial charge in [0.1, 0.15) is 40.5 Å². The molecule has 8 rings (SSSR count). The number of hydrogen-bond donors (Lipinski definition) is 1. The van der Waals surface area contributed by atoms with Gasteiger partial charge < -0.3 is 9.52 Å². The standard InChI is InChI=1S/C44H29B3O2/c1-3-4-11-25(2)29-22-23-32-35(24-29)49-44-40(32)42(46)41(45)38(43(44)47)28-20-18-27(19-21-28)36-30-14-8-9-15-31(30)37(26-12-6-5-7-13-26)39-33(36)16-10-17-34(39)48/h3-24,48H,1-2H3/b4-3-,25-11+. The van der Waals surface area contributed by atoms with Crippen LogP contribution in [0.25, 0.3) is 82.4 Å². The molecule has 8 aromatic rings. The fraction of sp³-hybridized carbons (Fsp3) is 0.0455. The van der Waals surface area contributed by atoms with Gasteiger partial charge in [0.2, 0.25) is 0 Å². The van der Waals surface area contributed by atoms with Gasteiger partial charge in [-0.2, -0.15) is 0 Å². The van der Waals surface area contributed by atoms with Gasteiger partial charge >= 0.3 is 0 Å². The molecule has 49 heavy (non-hydrogen) atoms. The van der Waals surface area contributed by atoms with Crippen molar-refractivity contribution in [3.05, 3.63) is 139 Å². The zero-order valence-electron chi connectivity index (χ0n) is 27.3. The van der Waals surface area contributed by atoms with Gasteiger partial charge in [-0.3, -0.25) is 0 Å². The average Bonchev–Trinajstić information content (AvgIpc) is 3.52. The SMILES string of the molecule is [B]c1c(-c2ccc(-c3c4ccccc4c(-c4ccccc4)c4c(O)cccc34)cc2)c([B])c2oc3cc(/C(C)=C/C=C\C)ccc3c2c1[B]. The normalized spacial score (nSPS) is 12.2. The third kappa shape index (κ3) is 4.92.